The van der Waals surface area contributed by atoms with Gasteiger partial charge in [0.05, 0.1) is 21.7 Å². The van der Waals surface area contributed by atoms with Crippen LogP contribution in [0.5, 0.6) is 0 Å². The standard InChI is InChI=1S/C14H12N2S4/c1-2-7-13-12(6-1)16-14(19-13)10-18-20-17-9-11-5-3-4-8-15-11/h1-8H,9-10H2. The molecule has 3 rings (SSSR count). The number of para-hydroxylation sites is 1. The van der Waals surface area contributed by atoms with E-state index in [2.05, 4.69) is 34.2 Å². The predicted molar refractivity (Wildman–Crippen MR) is 94.0 cm³/mol. The molecule has 0 aliphatic rings. The smallest absolute Gasteiger partial charge is 0.105 e. The second-order valence-corrected chi connectivity index (χ2v) is 9.34. The number of benzene rings is 1. The Bertz CT molecular complexity index is 636. The Labute approximate surface area is 133 Å². The molecule has 0 fully saturated rings. The van der Waals surface area contributed by atoms with Gasteiger partial charge in [0.25, 0.3) is 0 Å². The maximum Gasteiger partial charge on any atom is 0.105 e. The van der Waals surface area contributed by atoms with Crippen LogP contribution in [0.4, 0.5) is 0 Å². The molecule has 20 heavy (non-hydrogen) atoms. The summed E-state index contributed by atoms with van der Waals surface area (Å²) in [6.45, 7) is 0. The maximum atomic E-state index is 4.63. The van der Waals surface area contributed by atoms with E-state index in [9.17, 15) is 0 Å². The van der Waals surface area contributed by atoms with Crippen molar-refractivity contribution >= 4 is 53.0 Å². The normalized spacial score (nSPS) is 11.0. The van der Waals surface area contributed by atoms with Crippen LogP contribution < -0.4 is 0 Å². The van der Waals surface area contributed by atoms with Crippen LogP contribution in [0.2, 0.25) is 0 Å². The highest BCUT2D eigenvalue weighted by Crippen LogP contribution is 2.39. The van der Waals surface area contributed by atoms with Gasteiger partial charge in [0.15, 0.2) is 0 Å². The minimum atomic E-state index is 0.943. The molecule has 0 radical (unpaired) electrons. The van der Waals surface area contributed by atoms with Crippen LogP contribution in [0.15, 0.2) is 48.7 Å². The monoisotopic (exact) mass is 336 g/mol. The van der Waals surface area contributed by atoms with E-state index in [4.69, 9.17) is 0 Å². The molecule has 0 unspecified atom stereocenters. The number of pyridine rings is 1. The summed E-state index contributed by atoms with van der Waals surface area (Å²) < 4.78 is 1.27. The lowest BCUT2D eigenvalue weighted by molar-refractivity contribution is 1.18. The average molecular weight is 337 g/mol. The Balaban J connectivity index is 1.43. The highest BCUT2D eigenvalue weighted by molar-refractivity contribution is 9.09. The molecule has 0 amide bonds. The van der Waals surface area contributed by atoms with E-state index in [-0.39, 0.29) is 0 Å². The molecule has 102 valence electrons. The van der Waals surface area contributed by atoms with E-state index in [1.807, 2.05) is 55.8 Å². The van der Waals surface area contributed by atoms with Gasteiger partial charge in [-0.25, -0.2) is 4.98 Å². The van der Waals surface area contributed by atoms with Gasteiger partial charge in [-0.2, -0.15) is 0 Å². The summed E-state index contributed by atoms with van der Waals surface area (Å²) in [5, 5.41) is 1.20. The van der Waals surface area contributed by atoms with Crippen LogP contribution in [0.25, 0.3) is 10.2 Å². The van der Waals surface area contributed by atoms with Crippen molar-refractivity contribution in [3.05, 3.63) is 59.4 Å². The van der Waals surface area contributed by atoms with Gasteiger partial charge in [0, 0.05) is 11.9 Å². The Hall–Kier alpha value is -0.690. The maximum absolute atomic E-state index is 4.63. The summed E-state index contributed by atoms with van der Waals surface area (Å²) >= 11 is 1.78. The predicted octanol–water partition coefficient (Wildman–Crippen LogP) is 5.42. The second kappa shape index (κ2) is 7.36. The molecule has 2 heterocycles. The molecular weight excluding hydrogens is 324 g/mol. The fraction of sp³-hybridized carbons (Fsp3) is 0.143. The van der Waals surface area contributed by atoms with Crippen molar-refractivity contribution in [2.45, 2.75) is 11.5 Å². The van der Waals surface area contributed by atoms with Crippen molar-refractivity contribution in [1.82, 2.24) is 9.97 Å². The van der Waals surface area contributed by atoms with E-state index in [0.717, 1.165) is 22.7 Å². The van der Waals surface area contributed by atoms with Crippen LogP contribution in [0.1, 0.15) is 10.7 Å². The fourth-order valence-corrected chi connectivity index (χ4v) is 6.35. The first-order chi connectivity index (χ1) is 9.92. The Morgan fingerprint density at radius 3 is 2.65 bits per heavy atom. The molecule has 0 saturated carbocycles. The van der Waals surface area contributed by atoms with E-state index in [1.54, 1.807) is 11.3 Å². The molecule has 6 heteroatoms. The minimum Gasteiger partial charge on any atom is -0.260 e. The van der Waals surface area contributed by atoms with Crippen LogP contribution in [-0.4, -0.2) is 9.97 Å². The van der Waals surface area contributed by atoms with Crippen molar-refractivity contribution in [2.75, 3.05) is 0 Å². The fourth-order valence-electron chi connectivity index (χ4n) is 1.66. The van der Waals surface area contributed by atoms with E-state index < -0.39 is 0 Å². The number of rotatable bonds is 6. The molecular formula is C14H12N2S4. The number of nitrogens with zero attached hydrogens (tertiary/aromatic N) is 2. The third kappa shape index (κ3) is 3.91. The number of hydrogen-bond acceptors (Lipinski definition) is 6. The minimum absolute atomic E-state index is 0.943. The molecule has 3 aromatic rings. The summed E-state index contributed by atoms with van der Waals surface area (Å²) in [5.74, 6) is 1.90. The number of aromatic nitrogens is 2. The van der Waals surface area contributed by atoms with E-state index in [0.29, 0.717) is 0 Å². The second-order valence-electron chi connectivity index (χ2n) is 3.99. The molecule has 1 aromatic carbocycles. The zero-order chi connectivity index (χ0) is 13.6. The van der Waals surface area contributed by atoms with Crippen LogP contribution >= 0.6 is 42.8 Å². The van der Waals surface area contributed by atoms with Gasteiger partial charge in [-0.3, -0.25) is 4.98 Å². The van der Waals surface area contributed by atoms with Gasteiger partial charge >= 0.3 is 0 Å². The molecule has 0 aliphatic carbocycles. The number of hydrogen-bond donors (Lipinski definition) is 0. The molecule has 0 aliphatic heterocycles. The highest BCUT2D eigenvalue weighted by atomic mass is 33.5. The quantitative estimate of drug-likeness (QED) is 0.442. The topological polar surface area (TPSA) is 25.8 Å². The summed E-state index contributed by atoms with van der Waals surface area (Å²) in [5.41, 5.74) is 2.24. The average Bonchev–Trinajstić information content (AvgIpc) is 2.90. The van der Waals surface area contributed by atoms with Gasteiger partial charge in [0.1, 0.15) is 5.01 Å². The van der Waals surface area contributed by atoms with Crippen molar-refractivity contribution in [3.63, 3.8) is 0 Å². The number of thiazole rings is 1. The third-order valence-electron chi connectivity index (χ3n) is 2.55. The van der Waals surface area contributed by atoms with E-state index >= 15 is 0 Å². The first kappa shape index (κ1) is 14.3. The van der Waals surface area contributed by atoms with Gasteiger partial charge in [-0.1, -0.05) is 39.8 Å². The zero-order valence-electron chi connectivity index (χ0n) is 10.6. The van der Waals surface area contributed by atoms with Crippen LogP contribution in [0.3, 0.4) is 0 Å². The zero-order valence-corrected chi connectivity index (χ0v) is 13.8. The molecule has 2 aromatic heterocycles. The van der Waals surface area contributed by atoms with Crippen LogP contribution in [0, 0.1) is 0 Å². The molecule has 0 bridgehead atoms. The Morgan fingerprint density at radius 2 is 1.80 bits per heavy atom. The molecule has 0 saturated heterocycles. The first-order valence-electron chi connectivity index (χ1n) is 6.07. The van der Waals surface area contributed by atoms with Crippen molar-refractivity contribution in [3.8, 4) is 0 Å². The summed E-state index contributed by atoms with van der Waals surface area (Å²) in [6.07, 6.45) is 1.84. The lowest BCUT2D eigenvalue weighted by Crippen LogP contribution is -1.81. The molecule has 2 nitrogen and oxygen atoms in total. The van der Waals surface area contributed by atoms with E-state index in [1.165, 1.54) is 9.71 Å². The van der Waals surface area contributed by atoms with Crippen molar-refractivity contribution < 1.29 is 0 Å². The third-order valence-corrected chi connectivity index (χ3v) is 7.78. The van der Waals surface area contributed by atoms with Crippen molar-refractivity contribution in [1.29, 1.82) is 0 Å². The Kier molecular flexibility index (Phi) is 5.24. The molecule has 0 atom stereocenters. The van der Waals surface area contributed by atoms with Crippen molar-refractivity contribution in [2.24, 2.45) is 0 Å². The SMILES string of the molecule is c1ccc(CSSSCc2nc3ccccc3s2)nc1. The van der Waals surface area contributed by atoms with Gasteiger partial charge in [-0.15, -0.1) is 11.3 Å². The highest BCUT2D eigenvalue weighted by Gasteiger charge is 2.03. The summed E-state index contributed by atoms with van der Waals surface area (Å²) in [4.78, 5) is 8.94. The lowest BCUT2D eigenvalue weighted by atomic mass is 10.3. The van der Waals surface area contributed by atoms with Gasteiger partial charge in [-0.05, 0) is 34.1 Å². The summed E-state index contributed by atoms with van der Waals surface area (Å²) in [7, 11) is 5.48. The van der Waals surface area contributed by atoms with Gasteiger partial charge in [0.2, 0.25) is 0 Å². The van der Waals surface area contributed by atoms with Gasteiger partial charge < -0.3 is 0 Å². The summed E-state index contributed by atoms with van der Waals surface area (Å²) in [6, 6.07) is 14.3. The molecule has 0 spiro atoms. The Morgan fingerprint density at radius 1 is 0.950 bits per heavy atom. The molecule has 0 N–H and O–H groups in total. The largest absolute Gasteiger partial charge is 0.260 e. The lowest BCUT2D eigenvalue weighted by Gasteiger charge is -1.98. The number of fused-ring (bicyclic) bond motifs is 1. The van der Waals surface area contributed by atoms with Crippen LogP contribution in [-0.2, 0) is 11.5 Å². The first-order valence-corrected chi connectivity index (χ1v) is 10.7.